The van der Waals surface area contributed by atoms with Gasteiger partial charge in [0.2, 0.25) is 11.7 Å². The Morgan fingerprint density at radius 3 is 2.57 bits per heavy atom. The zero-order chi connectivity index (χ0) is 19.5. The number of carbonyl (C=O) groups is 1. The molecule has 28 heavy (non-hydrogen) atoms. The van der Waals surface area contributed by atoms with Crippen molar-refractivity contribution in [2.45, 2.75) is 13.3 Å². The van der Waals surface area contributed by atoms with E-state index in [-0.39, 0.29) is 5.91 Å². The average molecular weight is 381 g/mol. The molecule has 0 bridgehead atoms. The first-order chi connectivity index (χ1) is 13.6. The highest BCUT2D eigenvalue weighted by molar-refractivity contribution is 5.93. The largest absolute Gasteiger partial charge is 0.430 e. The van der Waals surface area contributed by atoms with Gasteiger partial charge in [-0.2, -0.15) is 4.98 Å². The highest BCUT2D eigenvalue weighted by Gasteiger charge is 2.23. The number of nitrogens with zero attached hydrogens (tertiary/aromatic N) is 5. The normalized spacial score (nSPS) is 14.3. The van der Waals surface area contributed by atoms with Crippen LogP contribution < -0.4 is 10.5 Å². The van der Waals surface area contributed by atoms with Gasteiger partial charge in [-0.15, -0.1) is 0 Å². The van der Waals surface area contributed by atoms with Crippen molar-refractivity contribution in [3.05, 3.63) is 58.6 Å². The molecular formula is C19H19N5O4. The Balaban J connectivity index is 1.38. The van der Waals surface area contributed by atoms with Crippen molar-refractivity contribution in [2.24, 2.45) is 0 Å². The Morgan fingerprint density at radius 2 is 1.96 bits per heavy atom. The van der Waals surface area contributed by atoms with E-state index in [1.807, 2.05) is 19.1 Å². The molecular weight excluding hydrogens is 362 g/mol. The quantitative estimate of drug-likeness (QED) is 0.671. The van der Waals surface area contributed by atoms with Gasteiger partial charge in [-0.1, -0.05) is 12.1 Å². The van der Waals surface area contributed by atoms with Crippen LogP contribution in [-0.4, -0.2) is 52.1 Å². The van der Waals surface area contributed by atoms with Crippen LogP contribution in [0.15, 0.2) is 50.5 Å². The maximum absolute atomic E-state index is 12.5. The molecule has 0 unspecified atom stereocenters. The first kappa shape index (κ1) is 17.9. The lowest BCUT2D eigenvalue weighted by Gasteiger charge is -2.35. The number of anilines is 1. The molecule has 0 N–H and O–H groups in total. The summed E-state index contributed by atoms with van der Waals surface area (Å²) in [5, 5.41) is 3.95. The van der Waals surface area contributed by atoms with Crippen molar-refractivity contribution in [1.29, 1.82) is 0 Å². The minimum Gasteiger partial charge on any atom is -0.430 e. The SMILES string of the molecule is CCc1nc(-c2ccc(N3CCN(C(=O)c4ccc(=O)oc4)CC3)nc2)no1. The second-order valence-corrected chi connectivity index (χ2v) is 6.39. The van der Waals surface area contributed by atoms with Crippen LogP contribution in [0.25, 0.3) is 11.4 Å². The number of aryl methyl sites for hydroxylation is 1. The van der Waals surface area contributed by atoms with Gasteiger partial charge in [0, 0.05) is 50.4 Å². The Labute approximate surface area is 160 Å². The van der Waals surface area contributed by atoms with E-state index in [0.717, 1.165) is 11.4 Å². The molecule has 1 aliphatic heterocycles. The monoisotopic (exact) mass is 381 g/mol. The summed E-state index contributed by atoms with van der Waals surface area (Å²) in [6.07, 6.45) is 3.62. The molecule has 4 rings (SSSR count). The third kappa shape index (κ3) is 3.64. The number of amides is 1. The van der Waals surface area contributed by atoms with Crippen LogP contribution in [0.4, 0.5) is 5.82 Å². The number of hydrogen-bond acceptors (Lipinski definition) is 8. The molecule has 4 heterocycles. The summed E-state index contributed by atoms with van der Waals surface area (Å²) in [5.41, 5.74) is 0.705. The molecule has 0 spiro atoms. The highest BCUT2D eigenvalue weighted by Crippen LogP contribution is 2.20. The van der Waals surface area contributed by atoms with E-state index in [9.17, 15) is 9.59 Å². The average Bonchev–Trinajstić information content (AvgIpc) is 3.23. The number of piperazine rings is 1. The van der Waals surface area contributed by atoms with Crippen molar-refractivity contribution >= 4 is 11.7 Å². The van der Waals surface area contributed by atoms with Gasteiger partial charge in [0.05, 0.1) is 5.56 Å². The van der Waals surface area contributed by atoms with Gasteiger partial charge in [-0.05, 0) is 18.2 Å². The van der Waals surface area contributed by atoms with E-state index < -0.39 is 5.63 Å². The lowest BCUT2D eigenvalue weighted by atomic mass is 10.2. The predicted octanol–water partition coefficient (Wildman–Crippen LogP) is 1.61. The lowest BCUT2D eigenvalue weighted by Crippen LogP contribution is -2.49. The third-order valence-corrected chi connectivity index (χ3v) is 4.62. The van der Waals surface area contributed by atoms with E-state index >= 15 is 0 Å². The van der Waals surface area contributed by atoms with Gasteiger partial charge in [-0.3, -0.25) is 4.79 Å². The minimum absolute atomic E-state index is 0.143. The summed E-state index contributed by atoms with van der Waals surface area (Å²) >= 11 is 0. The summed E-state index contributed by atoms with van der Waals surface area (Å²) in [4.78, 5) is 36.2. The molecule has 0 radical (unpaired) electrons. The minimum atomic E-state index is -0.470. The standard InChI is InChI=1S/C19H19N5O4/c1-2-16-21-18(22-28-16)13-3-5-15(20-11-13)23-7-9-24(10-8-23)19(26)14-4-6-17(25)27-12-14/h3-6,11-12H,2,7-10H2,1H3. The van der Waals surface area contributed by atoms with Crippen LogP contribution in [-0.2, 0) is 6.42 Å². The molecule has 9 heteroatoms. The molecule has 0 atom stereocenters. The number of carbonyl (C=O) groups excluding carboxylic acids is 1. The van der Waals surface area contributed by atoms with E-state index in [0.29, 0.717) is 49.9 Å². The molecule has 0 saturated carbocycles. The lowest BCUT2D eigenvalue weighted by molar-refractivity contribution is 0.0743. The maximum Gasteiger partial charge on any atom is 0.335 e. The third-order valence-electron chi connectivity index (χ3n) is 4.62. The number of aromatic nitrogens is 3. The fraction of sp³-hybridized carbons (Fsp3) is 0.316. The topological polar surface area (TPSA) is 106 Å². The van der Waals surface area contributed by atoms with Crippen LogP contribution in [0.5, 0.6) is 0 Å². The van der Waals surface area contributed by atoms with Crippen LogP contribution in [0.2, 0.25) is 0 Å². The first-order valence-electron chi connectivity index (χ1n) is 9.06. The summed E-state index contributed by atoms with van der Waals surface area (Å²) < 4.78 is 9.91. The van der Waals surface area contributed by atoms with E-state index in [1.165, 1.54) is 18.4 Å². The molecule has 1 saturated heterocycles. The smallest absolute Gasteiger partial charge is 0.335 e. The van der Waals surface area contributed by atoms with Gasteiger partial charge >= 0.3 is 5.63 Å². The Morgan fingerprint density at radius 1 is 1.14 bits per heavy atom. The number of pyridine rings is 1. The summed E-state index contributed by atoms with van der Waals surface area (Å²) in [5.74, 6) is 1.81. The van der Waals surface area contributed by atoms with E-state index in [4.69, 9.17) is 8.94 Å². The molecule has 0 aliphatic carbocycles. The van der Waals surface area contributed by atoms with Crippen molar-refractivity contribution in [3.63, 3.8) is 0 Å². The molecule has 144 valence electrons. The Bertz CT molecular complexity index is 999. The molecule has 1 amide bonds. The summed E-state index contributed by atoms with van der Waals surface area (Å²) in [7, 11) is 0. The fourth-order valence-electron chi connectivity index (χ4n) is 3.02. The van der Waals surface area contributed by atoms with Gasteiger partial charge in [-0.25, -0.2) is 9.78 Å². The number of rotatable bonds is 4. The Hall–Kier alpha value is -3.49. The maximum atomic E-state index is 12.5. The van der Waals surface area contributed by atoms with Crippen LogP contribution in [0.1, 0.15) is 23.2 Å². The van der Waals surface area contributed by atoms with Crippen molar-refractivity contribution in [2.75, 3.05) is 31.1 Å². The van der Waals surface area contributed by atoms with E-state index in [1.54, 1.807) is 11.1 Å². The second kappa shape index (κ2) is 7.63. The molecule has 3 aromatic rings. The van der Waals surface area contributed by atoms with E-state index in [2.05, 4.69) is 20.0 Å². The zero-order valence-electron chi connectivity index (χ0n) is 15.4. The van der Waals surface area contributed by atoms with Gasteiger partial charge < -0.3 is 18.7 Å². The Kier molecular flexibility index (Phi) is 4.88. The molecule has 3 aromatic heterocycles. The summed E-state index contributed by atoms with van der Waals surface area (Å²) in [6.45, 7) is 4.41. The van der Waals surface area contributed by atoms with Crippen LogP contribution in [0, 0.1) is 0 Å². The molecule has 1 aliphatic rings. The molecule has 0 aromatic carbocycles. The van der Waals surface area contributed by atoms with Gasteiger partial charge in [0.15, 0.2) is 0 Å². The second-order valence-electron chi connectivity index (χ2n) is 6.39. The van der Waals surface area contributed by atoms with Crippen molar-refractivity contribution in [1.82, 2.24) is 20.0 Å². The van der Waals surface area contributed by atoms with Gasteiger partial charge in [0.25, 0.3) is 5.91 Å². The van der Waals surface area contributed by atoms with Crippen LogP contribution in [0.3, 0.4) is 0 Å². The summed E-state index contributed by atoms with van der Waals surface area (Å²) in [6, 6.07) is 6.57. The van der Waals surface area contributed by atoms with Gasteiger partial charge in [0.1, 0.15) is 12.1 Å². The first-order valence-corrected chi connectivity index (χ1v) is 9.06. The number of hydrogen-bond donors (Lipinski definition) is 0. The van der Waals surface area contributed by atoms with Crippen molar-refractivity contribution in [3.8, 4) is 11.4 Å². The van der Waals surface area contributed by atoms with Crippen LogP contribution >= 0.6 is 0 Å². The van der Waals surface area contributed by atoms with Crippen molar-refractivity contribution < 1.29 is 13.7 Å². The zero-order valence-corrected chi connectivity index (χ0v) is 15.4. The fourth-order valence-corrected chi connectivity index (χ4v) is 3.02. The molecule has 9 nitrogen and oxygen atoms in total. The predicted molar refractivity (Wildman–Crippen MR) is 100 cm³/mol. The highest BCUT2D eigenvalue weighted by atomic mass is 16.5. The molecule has 1 fully saturated rings.